The van der Waals surface area contributed by atoms with Crippen LogP contribution in [0.25, 0.3) is 5.65 Å². The lowest BCUT2D eigenvalue weighted by atomic mass is 9.76. The van der Waals surface area contributed by atoms with Crippen molar-refractivity contribution in [2.75, 3.05) is 38.0 Å². The van der Waals surface area contributed by atoms with Crippen molar-refractivity contribution in [2.24, 2.45) is 0 Å². The van der Waals surface area contributed by atoms with Crippen molar-refractivity contribution >= 4 is 28.9 Å². The lowest BCUT2D eigenvalue weighted by Gasteiger charge is -2.45. The number of methoxy groups -OCH3 is 1. The smallest absolute Gasteiger partial charge is 0.274 e. The topological polar surface area (TPSA) is 124 Å². The predicted octanol–water partition coefficient (Wildman–Crippen LogP) is 1.54. The number of hydrogen-bond acceptors (Lipinski definition) is 8. The van der Waals surface area contributed by atoms with Crippen LogP contribution in [-0.4, -0.2) is 64.1 Å². The number of anilines is 3. The lowest BCUT2D eigenvalue weighted by molar-refractivity contribution is -0.0828. The molecule has 3 aromatic rings. The average molecular weight is 454 g/mol. The summed E-state index contributed by atoms with van der Waals surface area (Å²) in [6, 6.07) is 5.21. The minimum absolute atomic E-state index is 0.0389. The Balaban J connectivity index is 1.46. The molecule has 1 saturated heterocycles. The molecule has 1 amide bonds. The second-order valence-electron chi connectivity index (χ2n) is 8.60. The molecule has 0 radical (unpaired) electrons. The van der Waals surface area contributed by atoms with E-state index in [4.69, 9.17) is 9.47 Å². The number of hydrogen-bond donors (Lipinski definition) is 3. The maximum atomic E-state index is 13.0. The Kier molecular flexibility index (Phi) is 5.29. The summed E-state index contributed by atoms with van der Waals surface area (Å²) in [7, 11) is 3.41. The van der Waals surface area contributed by atoms with Gasteiger partial charge in [0.15, 0.2) is 5.65 Å². The summed E-state index contributed by atoms with van der Waals surface area (Å²) in [5.74, 6) is 0.777. The first kappa shape index (κ1) is 21.4. The van der Waals surface area contributed by atoms with Crippen LogP contribution in [0.2, 0.25) is 0 Å². The van der Waals surface area contributed by atoms with Gasteiger partial charge in [0.1, 0.15) is 22.9 Å². The SMILES string of the molecule is CNc1cc(Nc2cccn(C3COC3)c2=O)nc2c(C(=O)NC3CC[C@@]3(C)OC)cnn12. The first-order valence-corrected chi connectivity index (χ1v) is 10.9. The van der Waals surface area contributed by atoms with Crippen LogP contribution < -0.4 is 21.5 Å². The molecule has 33 heavy (non-hydrogen) atoms. The molecule has 11 heteroatoms. The quantitative estimate of drug-likeness (QED) is 0.492. The number of rotatable bonds is 7. The summed E-state index contributed by atoms with van der Waals surface area (Å²) in [6.45, 7) is 3.03. The van der Waals surface area contributed by atoms with E-state index in [1.165, 1.54) is 6.20 Å². The van der Waals surface area contributed by atoms with Crippen LogP contribution in [0.15, 0.2) is 35.4 Å². The van der Waals surface area contributed by atoms with E-state index in [1.54, 1.807) is 41.6 Å². The molecule has 3 aromatic heterocycles. The summed E-state index contributed by atoms with van der Waals surface area (Å²) in [6.07, 6.45) is 4.99. The van der Waals surface area contributed by atoms with Gasteiger partial charge in [-0.1, -0.05) is 0 Å². The van der Waals surface area contributed by atoms with E-state index in [0.29, 0.717) is 41.7 Å². The van der Waals surface area contributed by atoms with Crippen LogP contribution >= 0.6 is 0 Å². The maximum Gasteiger partial charge on any atom is 0.274 e. The molecule has 1 aliphatic heterocycles. The van der Waals surface area contributed by atoms with E-state index < -0.39 is 0 Å². The molecule has 1 unspecified atom stereocenters. The Morgan fingerprint density at radius 1 is 1.36 bits per heavy atom. The monoisotopic (exact) mass is 453 g/mol. The van der Waals surface area contributed by atoms with Gasteiger partial charge in [-0.05, 0) is 31.9 Å². The fraction of sp³-hybridized carbons (Fsp3) is 0.455. The van der Waals surface area contributed by atoms with Crippen LogP contribution in [0, 0.1) is 0 Å². The molecule has 174 valence electrons. The van der Waals surface area contributed by atoms with E-state index in [-0.39, 0.29) is 29.2 Å². The number of amides is 1. The fourth-order valence-corrected chi connectivity index (χ4v) is 4.18. The molecular formula is C22H27N7O4. The van der Waals surface area contributed by atoms with Gasteiger partial charge in [-0.3, -0.25) is 9.59 Å². The predicted molar refractivity (Wildman–Crippen MR) is 122 cm³/mol. The zero-order chi connectivity index (χ0) is 23.2. The Labute approximate surface area is 190 Å². The number of aromatic nitrogens is 4. The largest absolute Gasteiger partial charge is 0.377 e. The highest BCUT2D eigenvalue weighted by atomic mass is 16.5. The number of nitrogens with zero attached hydrogens (tertiary/aromatic N) is 4. The number of ether oxygens (including phenoxy) is 2. The van der Waals surface area contributed by atoms with Crippen molar-refractivity contribution < 1.29 is 14.3 Å². The lowest BCUT2D eigenvalue weighted by Crippen LogP contribution is -2.59. The summed E-state index contributed by atoms with van der Waals surface area (Å²) in [5, 5.41) is 13.5. The molecule has 1 saturated carbocycles. The minimum atomic E-state index is -0.367. The molecule has 5 rings (SSSR count). The van der Waals surface area contributed by atoms with Gasteiger partial charge in [0.2, 0.25) is 0 Å². The highest BCUT2D eigenvalue weighted by Gasteiger charge is 2.44. The zero-order valence-electron chi connectivity index (χ0n) is 18.8. The van der Waals surface area contributed by atoms with Crippen LogP contribution in [0.4, 0.5) is 17.3 Å². The van der Waals surface area contributed by atoms with E-state index in [0.717, 1.165) is 12.8 Å². The number of pyridine rings is 1. The molecule has 1 aliphatic carbocycles. The Morgan fingerprint density at radius 2 is 2.18 bits per heavy atom. The van der Waals surface area contributed by atoms with Gasteiger partial charge in [-0.25, -0.2) is 4.98 Å². The van der Waals surface area contributed by atoms with E-state index >= 15 is 0 Å². The van der Waals surface area contributed by atoms with Crippen LogP contribution in [0.1, 0.15) is 36.2 Å². The summed E-state index contributed by atoms with van der Waals surface area (Å²) in [4.78, 5) is 30.6. The normalized spacial score (nSPS) is 22.5. The molecule has 0 aromatic carbocycles. The Hall–Kier alpha value is -3.44. The number of carbonyl (C=O) groups is 1. The molecule has 11 nitrogen and oxygen atoms in total. The van der Waals surface area contributed by atoms with Gasteiger partial charge in [0.25, 0.3) is 11.5 Å². The number of carbonyl (C=O) groups excluding carboxylic acids is 1. The zero-order valence-corrected chi connectivity index (χ0v) is 18.8. The van der Waals surface area contributed by atoms with Gasteiger partial charge >= 0.3 is 0 Å². The first-order chi connectivity index (χ1) is 15.9. The molecule has 3 N–H and O–H groups in total. The second-order valence-corrected chi connectivity index (χ2v) is 8.60. The summed E-state index contributed by atoms with van der Waals surface area (Å²) in [5.41, 5.74) is 0.586. The molecule has 0 bridgehead atoms. The van der Waals surface area contributed by atoms with Gasteiger partial charge in [-0.2, -0.15) is 9.61 Å². The molecular weight excluding hydrogens is 426 g/mol. The van der Waals surface area contributed by atoms with Crippen molar-refractivity contribution in [2.45, 2.75) is 37.5 Å². The van der Waals surface area contributed by atoms with Gasteiger partial charge in [-0.15, -0.1) is 0 Å². The maximum absolute atomic E-state index is 13.0. The van der Waals surface area contributed by atoms with Crippen LogP contribution in [-0.2, 0) is 9.47 Å². The van der Waals surface area contributed by atoms with Gasteiger partial charge in [0, 0.05) is 26.4 Å². The van der Waals surface area contributed by atoms with Crippen LogP contribution in [0.5, 0.6) is 0 Å². The average Bonchev–Trinajstić information content (AvgIpc) is 3.21. The third-order valence-electron chi connectivity index (χ3n) is 6.66. The van der Waals surface area contributed by atoms with E-state index in [9.17, 15) is 9.59 Å². The Morgan fingerprint density at radius 3 is 2.82 bits per heavy atom. The van der Waals surface area contributed by atoms with Crippen molar-refractivity contribution in [3.63, 3.8) is 0 Å². The standard InChI is InChI=1S/C22H27N7O4/c1-22(32-3)7-6-16(22)26-20(30)14-10-24-29-18(23-2)9-17(27-19(14)29)25-15-5-4-8-28(21(15)31)13-11-33-12-13/h4-5,8-10,13,16,23H,6-7,11-12H2,1-3H3,(H,25,27)(H,26,30)/t16?,22-/m1/s1. The van der Waals surface area contributed by atoms with E-state index in [2.05, 4.69) is 26.0 Å². The van der Waals surface area contributed by atoms with Crippen molar-refractivity contribution in [1.29, 1.82) is 0 Å². The van der Waals surface area contributed by atoms with Crippen LogP contribution in [0.3, 0.4) is 0 Å². The third kappa shape index (κ3) is 3.62. The van der Waals surface area contributed by atoms with Crippen molar-refractivity contribution in [1.82, 2.24) is 24.5 Å². The van der Waals surface area contributed by atoms with Crippen molar-refractivity contribution in [3.8, 4) is 0 Å². The summed E-state index contributed by atoms with van der Waals surface area (Å²) >= 11 is 0. The first-order valence-electron chi connectivity index (χ1n) is 10.9. The fourth-order valence-electron chi connectivity index (χ4n) is 4.18. The third-order valence-corrected chi connectivity index (χ3v) is 6.66. The molecule has 0 spiro atoms. The number of fused-ring (bicyclic) bond motifs is 1. The molecule has 2 atom stereocenters. The highest BCUT2D eigenvalue weighted by Crippen LogP contribution is 2.35. The molecule has 2 fully saturated rings. The van der Waals surface area contributed by atoms with Gasteiger partial charge in [0.05, 0.1) is 37.1 Å². The molecule has 4 heterocycles. The Bertz CT molecular complexity index is 1260. The van der Waals surface area contributed by atoms with Crippen molar-refractivity contribution in [3.05, 3.63) is 46.5 Å². The molecule has 2 aliphatic rings. The number of nitrogens with one attached hydrogen (secondary N) is 3. The van der Waals surface area contributed by atoms with E-state index in [1.807, 2.05) is 13.0 Å². The second kappa shape index (κ2) is 8.16. The summed E-state index contributed by atoms with van der Waals surface area (Å²) < 4.78 is 14.0. The van der Waals surface area contributed by atoms with Gasteiger partial charge < -0.3 is 30.0 Å². The highest BCUT2D eigenvalue weighted by molar-refractivity contribution is 6.00. The minimum Gasteiger partial charge on any atom is -0.377 e.